The molecule has 4 nitrogen and oxygen atoms in total. The van der Waals surface area contributed by atoms with E-state index in [0.717, 1.165) is 11.1 Å². The maximum atomic E-state index is 13.6. The SMILES string of the molecule is CC(=O)N(CCNC(=O)c1ccccc1F)Cc1ccccc1C. The van der Waals surface area contributed by atoms with Gasteiger partial charge in [0.15, 0.2) is 0 Å². The quantitative estimate of drug-likeness (QED) is 0.886. The molecule has 0 spiro atoms. The molecule has 0 aliphatic carbocycles. The Balaban J connectivity index is 1.93. The van der Waals surface area contributed by atoms with E-state index in [-0.39, 0.29) is 18.0 Å². The summed E-state index contributed by atoms with van der Waals surface area (Å²) >= 11 is 0. The molecule has 2 amide bonds. The van der Waals surface area contributed by atoms with Gasteiger partial charge >= 0.3 is 0 Å². The van der Waals surface area contributed by atoms with Crippen molar-refractivity contribution in [2.75, 3.05) is 13.1 Å². The van der Waals surface area contributed by atoms with E-state index in [4.69, 9.17) is 0 Å². The summed E-state index contributed by atoms with van der Waals surface area (Å²) in [6, 6.07) is 13.7. The van der Waals surface area contributed by atoms with Crippen LogP contribution in [0.1, 0.15) is 28.4 Å². The first-order valence-electron chi connectivity index (χ1n) is 7.82. The Morgan fingerprint density at radius 3 is 2.42 bits per heavy atom. The van der Waals surface area contributed by atoms with Crippen LogP contribution in [-0.2, 0) is 11.3 Å². The molecule has 0 aliphatic heterocycles. The Labute approximate surface area is 141 Å². The first kappa shape index (κ1) is 17.7. The van der Waals surface area contributed by atoms with Crippen LogP contribution < -0.4 is 5.32 Å². The van der Waals surface area contributed by atoms with Gasteiger partial charge in [-0.25, -0.2) is 4.39 Å². The summed E-state index contributed by atoms with van der Waals surface area (Å²) in [6.07, 6.45) is 0. The van der Waals surface area contributed by atoms with Crippen molar-refractivity contribution in [3.63, 3.8) is 0 Å². The van der Waals surface area contributed by atoms with Gasteiger partial charge in [0.25, 0.3) is 5.91 Å². The summed E-state index contributed by atoms with van der Waals surface area (Å²) in [7, 11) is 0. The summed E-state index contributed by atoms with van der Waals surface area (Å²) in [5.41, 5.74) is 2.18. The highest BCUT2D eigenvalue weighted by Crippen LogP contribution is 2.10. The number of nitrogens with zero attached hydrogens (tertiary/aromatic N) is 1. The standard InChI is InChI=1S/C19H21FN2O2/c1-14-7-3-4-8-16(14)13-22(15(2)23)12-11-21-19(24)17-9-5-6-10-18(17)20/h3-10H,11-13H2,1-2H3,(H,21,24). The number of benzene rings is 2. The second-order valence-corrected chi connectivity index (χ2v) is 5.60. The second kappa shape index (κ2) is 8.24. The van der Waals surface area contributed by atoms with Gasteiger partial charge in [-0.1, -0.05) is 36.4 Å². The van der Waals surface area contributed by atoms with Crippen molar-refractivity contribution in [2.24, 2.45) is 0 Å². The van der Waals surface area contributed by atoms with Gasteiger partial charge in [0.05, 0.1) is 5.56 Å². The van der Waals surface area contributed by atoms with E-state index in [1.54, 1.807) is 11.0 Å². The van der Waals surface area contributed by atoms with E-state index in [0.29, 0.717) is 13.1 Å². The van der Waals surface area contributed by atoms with E-state index < -0.39 is 11.7 Å². The predicted octanol–water partition coefficient (Wildman–Crippen LogP) is 2.91. The maximum absolute atomic E-state index is 13.6. The Hall–Kier alpha value is -2.69. The molecule has 0 radical (unpaired) electrons. The number of carbonyl (C=O) groups is 2. The van der Waals surface area contributed by atoms with Gasteiger partial charge in [-0.15, -0.1) is 0 Å². The normalized spacial score (nSPS) is 10.3. The Kier molecular flexibility index (Phi) is 6.07. The number of rotatable bonds is 6. The van der Waals surface area contributed by atoms with E-state index in [1.165, 1.54) is 25.1 Å². The molecule has 0 aliphatic rings. The first-order chi connectivity index (χ1) is 11.5. The van der Waals surface area contributed by atoms with Gasteiger partial charge in [-0.2, -0.15) is 0 Å². The summed E-state index contributed by atoms with van der Waals surface area (Å²) in [5, 5.41) is 2.65. The molecule has 5 heteroatoms. The molecule has 1 N–H and O–H groups in total. The molecule has 0 bridgehead atoms. The summed E-state index contributed by atoms with van der Waals surface area (Å²) in [4.78, 5) is 25.4. The van der Waals surface area contributed by atoms with E-state index in [1.807, 2.05) is 31.2 Å². The van der Waals surface area contributed by atoms with Crippen molar-refractivity contribution >= 4 is 11.8 Å². The molecule has 24 heavy (non-hydrogen) atoms. The average molecular weight is 328 g/mol. The van der Waals surface area contributed by atoms with E-state index in [2.05, 4.69) is 5.32 Å². The highest BCUT2D eigenvalue weighted by molar-refractivity contribution is 5.94. The largest absolute Gasteiger partial charge is 0.350 e. The van der Waals surface area contributed by atoms with Crippen LogP contribution in [0.25, 0.3) is 0 Å². The fourth-order valence-corrected chi connectivity index (χ4v) is 2.39. The van der Waals surface area contributed by atoms with Crippen LogP contribution >= 0.6 is 0 Å². The molecule has 0 saturated carbocycles. The molecule has 0 heterocycles. The number of amides is 2. The van der Waals surface area contributed by atoms with Crippen LogP contribution in [0.3, 0.4) is 0 Å². The van der Waals surface area contributed by atoms with Crippen molar-refractivity contribution in [1.29, 1.82) is 0 Å². The van der Waals surface area contributed by atoms with Gasteiger partial charge in [0.1, 0.15) is 5.82 Å². The molecule has 0 fully saturated rings. The number of aryl methyl sites for hydroxylation is 1. The minimum Gasteiger partial charge on any atom is -0.350 e. The number of carbonyl (C=O) groups excluding carboxylic acids is 2. The number of hydrogen-bond donors (Lipinski definition) is 1. The fourth-order valence-electron chi connectivity index (χ4n) is 2.39. The van der Waals surface area contributed by atoms with Crippen LogP contribution in [0, 0.1) is 12.7 Å². The van der Waals surface area contributed by atoms with Crippen molar-refractivity contribution < 1.29 is 14.0 Å². The lowest BCUT2D eigenvalue weighted by Crippen LogP contribution is -2.37. The van der Waals surface area contributed by atoms with E-state index in [9.17, 15) is 14.0 Å². The third kappa shape index (κ3) is 4.65. The molecule has 0 atom stereocenters. The number of hydrogen-bond acceptors (Lipinski definition) is 2. The molecular weight excluding hydrogens is 307 g/mol. The van der Waals surface area contributed by atoms with Crippen molar-refractivity contribution in [1.82, 2.24) is 10.2 Å². The highest BCUT2D eigenvalue weighted by Gasteiger charge is 2.13. The Morgan fingerprint density at radius 2 is 1.75 bits per heavy atom. The van der Waals surface area contributed by atoms with Crippen LogP contribution in [0.4, 0.5) is 4.39 Å². The molecule has 126 valence electrons. The smallest absolute Gasteiger partial charge is 0.254 e. The summed E-state index contributed by atoms with van der Waals surface area (Å²) in [5.74, 6) is -1.11. The van der Waals surface area contributed by atoms with Gasteiger partial charge in [0, 0.05) is 26.6 Å². The zero-order valence-corrected chi connectivity index (χ0v) is 13.9. The third-order valence-corrected chi connectivity index (χ3v) is 3.85. The van der Waals surface area contributed by atoms with Crippen molar-refractivity contribution in [3.8, 4) is 0 Å². The molecule has 2 aromatic carbocycles. The van der Waals surface area contributed by atoms with Crippen molar-refractivity contribution in [3.05, 3.63) is 71.0 Å². The first-order valence-corrected chi connectivity index (χ1v) is 7.82. The van der Waals surface area contributed by atoms with Crippen LogP contribution in [0.2, 0.25) is 0 Å². The third-order valence-electron chi connectivity index (χ3n) is 3.85. The molecular formula is C19H21FN2O2. The summed E-state index contributed by atoms with van der Waals surface area (Å²) in [6.45, 7) is 4.60. The molecule has 0 unspecified atom stereocenters. The summed E-state index contributed by atoms with van der Waals surface area (Å²) < 4.78 is 13.6. The molecule has 2 rings (SSSR count). The van der Waals surface area contributed by atoms with Gasteiger partial charge in [0.2, 0.25) is 5.91 Å². The lowest BCUT2D eigenvalue weighted by molar-refractivity contribution is -0.129. The molecule has 0 saturated heterocycles. The Morgan fingerprint density at radius 1 is 1.08 bits per heavy atom. The molecule has 2 aromatic rings. The highest BCUT2D eigenvalue weighted by atomic mass is 19.1. The molecule has 0 aromatic heterocycles. The van der Waals surface area contributed by atoms with Crippen LogP contribution in [0.15, 0.2) is 48.5 Å². The maximum Gasteiger partial charge on any atom is 0.254 e. The van der Waals surface area contributed by atoms with E-state index >= 15 is 0 Å². The topological polar surface area (TPSA) is 49.4 Å². The fraction of sp³-hybridized carbons (Fsp3) is 0.263. The predicted molar refractivity (Wildman–Crippen MR) is 91.0 cm³/mol. The second-order valence-electron chi connectivity index (χ2n) is 5.60. The number of halogens is 1. The Bertz CT molecular complexity index is 731. The zero-order valence-electron chi connectivity index (χ0n) is 13.9. The van der Waals surface area contributed by atoms with Gasteiger partial charge < -0.3 is 10.2 Å². The average Bonchev–Trinajstić information content (AvgIpc) is 2.55. The van der Waals surface area contributed by atoms with Gasteiger partial charge in [-0.05, 0) is 30.2 Å². The monoisotopic (exact) mass is 328 g/mol. The van der Waals surface area contributed by atoms with Crippen molar-refractivity contribution in [2.45, 2.75) is 20.4 Å². The minimum absolute atomic E-state index is 0.00535. The lowest BCUT2D eigenvalue weighted by atomic mass is 10.1. The van der Waals surface area contributed by atoms with Gasteiger partial charge in [-0.3, -0.25) is 9.59 Å². The van der Waals surface area contributed by atoms with Crippen LogP contribution in [-0.4, -0.2) is 29.8 Å². The number of nitrogens with one attached hydrogen (secondary N) is 1. The minimum atomic E-state index is -0.557. The zero-order chi connectivity index (χ0) is 17.5. The lowest BCUT2D eigenvalue weighted by Gasteiger charge is -2.22. The van der Waals surface area contributed by atoms with Crippen LogP contribution in [0.5, 0.6) is 0 Å².